The van der Waals surface area contributed by atoms with Crippen LogP contribution in [0.15, 0.2) is 24.3 Å². The summed E-state index contributed by atoms with van der Waals surface area (Å²) in [6.07, 6.45) is 4.06. The van der Waals surface area contributed by atoms with Crippen LogP contribution in [0.2, 0.25) is 0 Å². The average Bonchev–Trinajstić information content (AvgIpc) is 2.34. The molecule has 0 saturated heterocycles. The molecule has 1 rings (SSSR count). The quantitative estimate of drug-likeness (QED) is 0.807. The third kappa shape index (κ3) is 4.49. The first-order valence-electron chi connectivity index (χ1n) is 6.51. The molecular formula is C15H23NO2. The molecule has 1 aromatic carbocycles. The van der Waals surface area contributed by atoms with E-state index in [1.807, 2.05) is 12.1 Å². The number of benzene rings is 1. The predicted octanol–water partition coefficient (Wildman–Crippen LogP) is 2.59. The van der Waals surface area contributed by atoms with E-state index in [-0.39, 0.29) is 0 Å². The summed E-state index contributed by atoms with van der Waals surface area (Å²) >= 11 is 0. The van der Waals surface area contributed by atoms with E-state index in [0.29, 0.717) is 6.42 Å². The molecule has 0 bridgehead atoms. The molecule has 0 aliphatic rings. The number of aryl methyl sites for hydroxylation is 1. The van der Waals surface area contributed by atoms with Gasteiger partial charge in [-0.3, -0.25) is 9.69 Å². The Morgan fingerprint density at radius 2 is 1.78 bits per heavy atom. The van der Waals surface area contributed by atoms with Gasteiger partial charge in [-0.25, -0.2) is 0 Å². The molecule has 0 radical (unpaired) electrons. The molecule has 0 aromatic heterocycles. The summed E-state index contributed by atoms with van der Waals surface area (Å²) < 4.78 is 0. The molecule has 0 fully saturated rings. The van der Waals surface area contributed by atoms with E-state index in [4.69, 9.17) is 5.11 Å². The first-order chi connectivity index (χ1) is 8.54. The molecule has 0 amide bonds. The molecule has 0 unspecified atom stereocenters. The number of carbonyl (C=O) groups is 1. The summed E-state index contributed by atoms with van der Waals surface area (Å²) in [6, 6.07) is 7.86. The molecule has 0 aliphatic heterocycles. The van der Waals surface area contributed by atoms with Crippen LogP contribution in [0.25, 0.3) is 0 Å². The average molecular weight is 249 g/mol. The van der Waals surface area contributed by atoms with Crippen molar-refractivity contribution in [2.45, 2.75) is 38.6 Å². The Kier molecular flexibility index (Phi) is 5.86. The van der Waals surface area contributed by atoms with Crippen LogP contribution in [-0.4, -0.2) is 36.1 Å². The molecule has 18 heavy (non-hydrogen) atoms. The molecular weight excluding hydrogens is 226 g/mol. The van der Waals surface area contributed by atoms with Crippen molar-refractivity contribution in [3.8, 4) is 0 Å². The van der Waals surface area contributed by atoms with Crippen molar-refractivity contribution in [3.63, 3.8) is 0 Å². The smallest absolute Gasteiger partial charge is 0.321 e. The minimum Gasteiger partial charge on any atom is -0.480 e. The zero-order valence-corrected chi connectivity index (χ0v) is 11.5. The van der Waals surface area contributed by atoms with Crippen molar-refractivity contribution in [2.75, 3.05) is 14.1 Å². The third-order valence-electron chi connectivity index (χ3n) is 3.18. The lowest BCUT2D eigenvalue weighted by Crippen LogP contribution is -2.37. The van der Waals surface area contributed by atoms with Gasteiger partial charge in [-0.1, -0.05) is 37.6 Å². The van der Waals surface area contributed by atoms with Gasteiger partial charge in [0.05, 0.1) is 0 Å². The SMILES string of the molecule is CCCCc1ccc(C[C@@H](C(=O)O)N(C)C)cc1. The topological polar surface area (TPSA) is 40.5 Å². The lowest BCUT2D eigenvalue weighted by Gasteiger charge is -2.20. The molecule has 1 aromatic rings. The van der Waals surface area contributed by atoms with Crippen LogP contribution in [0, 0.1) is 0 Å². The number of unbranched alkanes of at least 4 members (excludes halogenated alkanes) is 1. The first kappa shape index (κ1) is 14.7. The predicted molar refractivity (Wildman–Crippen MR) is 73.9 cm³/mol. The summed E-state index contributed by atoms with van der Waals surface area (Å²) in [7, 11) is 3.60. The highest BCUT2D eigenvalue weighted by molar-refractivity contribution is 5.73. The molecule has 0 aliphatic carbocycles. The lowest BCUT2D eigenvalue weighted by atomic mass is 10.0. The van der Waals surface area contributed by atoms with Crippen molar-refractivity contribution in [1.29, 1.82) is 0 Å². The van der Waals surface area contributed by atoms with Gasteiger partial charge in [0.25, 0.3) is 0 Å². The fraction of sp³-hybridized carbons (Fsp3) is 0.533. The molecule has 0 spiro atoms. The molecule has 3 heteroatoms. The Balaban J connectivity index is 2.64. The molecule has 1 N–H and O–H groups in total. The fourth-order valence-corrected chi connectivity index (χ4v) is 1.94. The summed E-state index contributed by atoms with van der Waals surface area (Å²) in [4.78, 5) is 12.9. The van der Waals surface area contributed by atoms with E-state index >= 15 is 0 Å². The van der Waals surface area contributed by atoms with E-state index in [1.165, 1.54) is 18.4 Å². The van der Waals surface area contributed by atoms with Gasteiger partial charge in [0, 0.05) is 0 Å². The van der Waals surface area contributed by atoms with Crippen molar-refractivity contribution in [2.24, 2.45) is 0 Å². The lowest BCUT2D eigenvalue weighted by molar-refractivity contribution is -0.142. The van der Waals surface area contributed by atoms with E-state index in [1.54, 1.807) is 19.0 Å². The highest BCUT2D eigenvalue weighted by Gasteiger charge is 2.19. The van der Waals surface area contributed by atoms with Gasteiger partial charge in [-0.15, -0.1) is 0 Å². The van der Waals surface area contributed by atoms with Gasteiger partial charge in [-0.2, -0.15) is 0 Å². The van der Waals surface area contributed by atoms with Crippen LogP contribution in [0.1, 0.15) is 30.9 Å². The monoisotopic (exact) mass is 249 g/mol. The zero-order chi connectivity index (χ0) is 13.5. The van der Waals surface area contributed by atoms with E-state index in [9.17, 15) is 4.79 Å². The number of nitrogens with zero attached hydrogens (tertiary/aromatic N) is 1. The minimum absolute atomic E-state index is 0.452. The third-order valence-corrected chi connectivity index (χ3v) is 3.18. The Morgan fingerprint density at radius 3 is 2.22 bits per heavy atom. The van der Waals surface area contributed by atoms with Crippen molar-refractivity contribution < 1.29 is 9.90 Å². The van der Waals surface area contributed by atoms with Crippen molar-refractivity contribution in [3.05, 3.63) is 35.4 Å². The van der Waals surface area contributed by atoms with Crippen molar-refractivity contribution in [1.82, 2.24) is 4.90 Å². The maximum Gasteiger partial charge on any atom is 0.321 e. The van der Waals surface area contributed by atoms with Gasteiger partial charge in [-0.05, 0) is 44.5 Å². The Labute approximate surface area is 109 Å². The summed E-state index contributed by atoms with van der Waals surface area (Å²) in [5.74, 6) is -0.768. The highest BCUT2D eigenvalue weighted by Crippen LogP contribution is 2.11. The van der Waals surface area contributed by atoms with Crippen LogP contribution < -0.4 is 0 Å². The second-order valence-electron chi connectivity index (χ2n) is 4.94. The number of aliphatic carboxylic acids is 1. The maximum absolute atomic E-state index is 11.1. The van der Waals surface area contributed by atoms with Gasteiger partial charge in [0.15, 0.2) is 0 Å². The number of likely N-dealkylation sites (N-methyl/N-ethyl adjacent to an activating group) is 1. The molecule has 3 nitrogen and oxygen atoms in total. The second-order valence-corrected chi connectivity index (χ2v) is 4.94. The van der Waals surface area contributed by atoms with Crippen LogP contribution in [-0.2, 0) is 17.6 Å². The molecule has 1 atom stereocenters. The Hall–Kier alpha value is -1.35. The number of carboxylic acids is 1. The molecule has 100 valence electrons. The fourth-order valence-electron chi connectivity index (χ4n) is 1.94. The minimum atomic E-state index is -0.768. The highest BCUT2D eigenvalue weighted by atomic mass is 16.4. The van der Waals surface area contributed by atoms with Gasteiger partial charge in [0.1, 0.15) is 6.04 Å². The number of carboxylic acid groups (broad SMARTS) is 1. The van der Waals surface area contributed by atoms with E-state index in [2.05, 4.69) is 19.1 Å². The second kappa shape index (κ2) is 7.17. The van der Waals surface area contributed by atoms with E-state index < -0.39 is 12.0 Å². The number of hydrogen-bond donors (Lipinski definition) is 1. The van der Waals surface area contributed by atoms with Crippen LogP contribution in [0.4, 0.5) is 0 Å². The van der Waals surface area contributed by atoms with Crippen molar-refractivity contribution >= 4 is 5.97 Å². The zero-order valence-electron chi connectivity index (χ0n) is 11.5. The maximum atomic E-state index is 11.1. The number of rotatable bonds is 7. The summed E-state index contributed by atoms with van der Waals surface area (Å²) in [6.45, 7) is 2.18. The van der Waals surface area contributed by atoms with Gasteiger partial charge < -0.3 is 5.11 Å². The summed E-state index contributed by atoms with van der Waals surface area (Å²) in [5.41, 5.74) is 2.41. The summed E-state index contributed by atoms with van der Waals surface area (Å²) in [5, 5.41) is 9.13. The normalized spacial score (nSPS) is 12.7. The Morgan fingerprint density at radius 1 is 1.22 bits per heavy atom. The molecule has 0 heterocycles. The van der Waals surface area contributed by atoms with Crippen LogP contribution in [0.5, 0.6) is 0 Å². The van der Waals surface area contributed by atoms with Crippen LogP contribution >= 0.6 is 0 Å². The number of hydrogen-bond acceptors (Lipinski definition) is 2. The standard InChI is InChI=1S/C15H23NO2/c1-4-5-6-12-7-9-13(10-8-12)11-14(15(17)18)16(2)3/h7-10,14H,4-6,11H2,1-3H3,(H,17,18)/t14-/m0/s1. The molecule has 0 saturated carbocycles. The van der Waals surface area contributed by atoms with E-state index in [0.717, 1.165) is 12.0 Å². The van der Waals surface area contributed by atoms with Gasteiger partial charge >= 0.3 is 5.97 Å². The van der Waals surface area contributed by atoms with Gasteiger partial charge in [0.2, 0.25) is 0 Å². The van der Waals surface area contributed by atoms with Crippen LogP contribution in [0.3, 0.4) is 0 Å². The Bertz CT molecular complexity index is 371. The first-order valence-corrected chi connectivity index (χ1v) is 6.51. The largest absolute Gasteiger partial charge is 0.480 e.